The Bertz CT molecular complexity index is 463. The predicted molar refractivity (Wildman–Crippen MR) is 75.3 cm³/mol. The number of carbonyl (C=O) groups excluding carboxylic acids is 1. The molecule has 1 aromatic rings. The Morgan fingerprint density at radius 3 is 2.74 bits per heavy atom. The van der Waals surface area contributed by atoms with E-state index < -0.39 is 0 Å². The van der Waals surface area contributed by atoms with Gasteiger partial charge in [0, 0.05) is 13.1 Å². The predicted octanol–water partition coefficient (Wildman–Crippen LogP) is 1.76. The molecule has 1 rings (SSSR count). The number of carbonyl (C=O) groups is 1. The third kappa shape index (κ3) is 5.54. The molecule has 0 spiro atoms. The number of likely N-dealkylation sites (N-methyl/N-ethyl adjacent to an activating group) is 1. The maximum atomic E-state index is 11.7. The maximum Gasteiger partial charge on any atom is 0.234 e. The summed E-state index contributed by atoms with van der Waals surface area (Å²) in [4.78, 5) is 13.6. The SMILES string of the molecule is CC(C)CNC(=O)CN(C)Cc1ccccc1C#N. The second-order valence-electron chi connectivity index (χ2n) is 5.14. The van der Waals surface area contributed by atoms with Crippen molar-refractivity contribution in [1.29, 1.82) is 5.26 Å². The Balaban J connectivity index is 2.49. The van der Waals surface area contributed by atoms with Crippen molar-refractivity contribution in [2.45, 2.75) is 20.4 Å². The van der Waals surface area contributed by atoms with Gasteiger partial charge in [-0.1, -0.05) is 32.0 Å². The Labute approximate surface area is 115 Å². The number of hydrogen-bond acceptors (Lipinski definition) is 3. The van der Waals surface area contributed by atoms with Gasteiger partial charge in [-0.25, -0.2) is 0 Å². The van der Waals surface area contributed by atoms with Crippen LogP contribution in [-0.4, -0.2) is 30.9 Å². The fraction of sp³-hybridized carbons (Fsp3) is 0.467. The number of nitriles is 1. The standard InChI is InChI=1S/C15H21N3O/c1-12(2)9-17-15(19)11-18(3)10-14-7-5-4-6-13(14)8-16/h4-7,12H,9-11H2,1-3H3,(H,17,19). The number of hydrogen-bond donors (Lipinski definition) is 1. The monoisotopic (exact) mass is 259 g/mol. The molecule has 0 unspecified atom stereocenters. The molecule has 0 radical (unpaired) electrons. The summed E-state index contributed by atoms with van der Waals surface area (Å²) < 4.78 is 0. The van der Waals surface area contributed by atoms with Crippen LogP contribution >= 0.6 is 0 Å². The largest absolute Gasteiger partial charge is 0.355 e. The molecule has 0 bridgehead atoms. The van der Waals surface area contributed by atoms with Crippen molar-refractivity contribution in [1.82, 2.24) is 10.2 Å². The molecule has 1 amide bonds. The van der Waals surface area contributed by atoms with Crippen molar-refractivity contribution < 1.29 is 4.79 Å². The lowest BCUT2D eigenvalue weighted by Gasteiger charge is -2.17. The summed E-state index contributed by atoms with van der Waals surface area (Å²) in [6, 6.07) is 9.63. The molecule has 0 heterocycles. The van der Waals surface area contributed by atoms with Gasteiger partial charge in [-0.3, -0.25) is 9.69 Å². The molecule has 1 N–H and O–H groups in total. The van der Waals surface area contributed by atoms with Crippen LogP contribution in [-0.2, 0) is 11.3 Å². The summed E-state index contributed by atoms with van der Waals surface area (Å²) in [7, 11) is 1.88. The highest BCUT2D eigenvalue weighted by molar-refractivity contribution is 5.77. The fourth-order valence-corrected chi connectivity index (χ4v) is 1.73. The summed E-state index contributed by atoms with van der Waals surface area (Å²) in [6.07, 6.45) is 0. The van der Waals surface area contributed by atoms with E-state index in [1.807, 2.05) is 30.1 Å². The Morgan fingerprint density at radius 2 is 2.11 bits per heavy atom. The quantitative estimate of drug-likeness (QED) is 0.847. The number of amides is 1. The second-order valence-corrected chi connectivity index (χ2v) is 5.14. The van der Waals surface area contributed by atoms with Gasteiger partial charge in [-0.2, -0.15) is 5.26 Å². The molecule has 4 nitrogen and oxygen atoms in total. The van der Waals surface area contributed by atoms with E-state index in [2.05, 4.69) is 25.2 Å². The fourth-order valence-electron chi connectivity index (χ4n) is 1.73. The average molecular weight is 259 g/mol. The zero-order chi connectivity index (χ0) is 14.3. The maximum absolute atomic E-state index is 11.7. The molecular weight excluding hydrogens is 238 g/mol. The van der Waals surface area contributed by atoms with Crippen LogP contribution in [0.5, 0.6) is 0 Å². The zero-order valence-corrected chi connectivity index (χ0v) is 11.8. The summed E-state index contributed by atoms with van der Waals surface area (Å²) in [5, 5.41) is 11.9. The number of nitrogens with zero attached hydrogens (tertiary/aromatic N) is 2. The van der Waals surface area contributed by atoms with Crippen molar-refractivity contribution in [3.05, 3.63) is 35.4 Å². The van der Waals surface area contributed by atoms with Crippen LogP contribution < -0.4 is 5.32 Å². The second kappa shape index (κ2) is 7.55. The normalized spacial score (nSPS) is 10.5. The molecule has 0 aliphatic carbocycles. The first-order valence-electron chi connectivity index (χ1n) is 6.46. The minimum absolute atomic E-state index is 0.0191. The minimum atomic E-state index is 0.0191. The van der Waals surface area contributed by atoms with Crippen molar-refractivity contribution in [2.24, 2.45) is 5.92 Å². The van der Waals surface area contributed by atoms with Crippen LogP contribution in [0.15, 0.2) is 24.3 Å². The lowest BCUT2D eigenvalue weighted by Crippen LogP contribution is -2.36. The van der Waals surface area contributed by atoms with E-state index >= 15 is 0 Å². The summed E-state index contributed by atoms with van der Waals surface area (Å²) in [6.45, 7) is 5.76. The molecule has 4 heteroatoms. The molecule has 19 heavy (non-hydrogen) atoms. The molecule has 102 valence electrons. The van der Waals surface area contributed by atoms with Crippen LogP contribution in [0.3, 0.4) is 0 Å². The van der Waals surface area contributed by atoms with Crippen LogP contribution in [0.4, 0.5) is 0 Å². The van der Waals surface area contributed by atoms with E-state index in [-0.39, 0.29) is 5.91 Å². The van der Waals surface area contributed by atoms with E-state index in [1.165, 1.54) is 0 Å². The first kappa shape index (κ1) is 15.2. The van der Waals surface area contributed by atoms with Gasteiger partial charge < -0.3 is 5.32 Å². The molecule has 0 aliphatic rings. The van der Waals surface area contributed by atoms with Crippen LogP contribution in [0.1, 0.15) is 25.0 Å². The molecule has 0 saturated carbocycles. The van der Waals surface area contributed by atoms with Gasteiger partial charge in [0.1, 0.15) is 0 Å². The molecular formula is C15H21N3O. The lowest BCUT2D eigenvalue weighted by molar-refractivity contribution is -0.122. The van der Waals surface area contributed by atoms with Crippen molar-refractivity contribution >= 4 is 5.91 Å². The highest BCUT2D eigenvalue weighted by Crippen LogP contribution is 2.09. The number of rotatable bonds is 6. The minimum Gasteiger partial charge on any atom is -0.355 e. The molecule has 0 aliphatic heterocycles. The van der Waals surface area contributed by atoms with Crippen molar-refractivity contribution in [2.75, 3.05) is 20.1 Å². The Hall–Kier alpha value is -1.86. The van der Waals surface area contributed by atoms with Gasteiger partial charge in [0.15, 0.2) is 0 Å². The van der Waals surface area contributed by atoms with Gasteiger partial charge in [-0.15, -0.1) is 0 Å². The Kier molecular flexibility index (Phi) is 6.04. The van der Waals surface area contributed by atoms with Gasteiger partial charge in [-0.05, 0) is 24.6 Å². The molecule has 0 fully saturated rings. The van der Waals surface area contributed by atoms with Crippen LogP contribution in [0, 0.1) is 17.2 Å². The Morgan fingerprint density at radius 1 is 1.42 bits per heavy atom. The first-order valence-corrected chi connectivity index (χ1v) is 6.46. The van der Waals surface area contributed by atoms with E-state index in [9.17, 15) is 4.79 Å². The van der Waals surface area contributed by atoms with Crippen molar-refractivity contribution in [3.63, 3.8) is 0 Å². The first-order chi connectivity index (χ1) is 9.02. The van der Waals surface area contributed by atoms with E-state index in [4.69, 9.17) is 5.26 Å². The zero-order valence-electron chi connectivity index (χ0n) is 11.8. The highest BCUT2D eigenvalue weighted by Gasteiger charge is 2.09. The summed E-state index contributed by atoms with van der Waals surface area (Å²) in [5.41, 5.74) is 1.61. The number of benzene rings is 1. The number of nitrogens with one attached hydrogen (secondary N) is 1. The smallest absolute Gasteiger partial charge is 0.234 e. The van der Waals surface area contributed by atoms with Crippen molar-refractivity contribution in [3.8, 4) is 6.07 Å². The molecule has 0 aromatic heterocycles. The van der Waals surface area contributed by atoms with Gasteiger partial charge >= 0.3 is 0 Å². The molecule has 0 atom stereocenters. The van der Waals surface area contributed by atoms with E-state index in [1.54, 1.807) is 6.07 Å². The molecule has 1 aromatic carbocycles. The highest BCUT2D eigenvalue weighted by atomic mass is 16.2. The van der Waals surface area contributed by atoms with E-state index in [0.29, 0.717) is 31.1 Å². The average Bonchev–Trinajstić information content (AvgIpc) is 2.37. The third-order valence-electron chi connectivity index (χ3n) is 2.70. The molecule has 0 saturated heterocycles. The summed E-state index contributed by atoms with van der Waals surface area (Å²) in [5.74, 6) is 0.471. The lowest BCUT2D eigenvalue weighted by atomic mass is 10.1. The summed E-state index contributed by atoms with van der Waals surface area (Å²) >= 11 is 0. The topological polar surface area (TPSA) is 56.1 Å². The van der Waals surface area contributed by atoms with E-state index in [0.717, 1.165) is 5.56 Å². The van der Waals surface area contributed by atoms with Crippen LogP contribution in [0.25, 0.3) is 0 Å². The van der Waals surface area contributed by atoms with Crippen LogP contribution in [0.2, 0.25) is 0 Å². The van der Waals surface area contributed by atoms with Gasteiger partial charge in [0.05, 0.1) is 18.2 Å². The third-order valence-corrected chi connectivity index (χ3v) is 2.70. The van der Waals surface area contributed by atoms with Gasteiger partial charge in [0.25, 0.3) is 0 Å². The van der Waals surface area contributed by atoms with Gasteiger partial charge in [0.2, 0.25) is 5.91 Å².